The van der Waals surface area contributed by atoms with Gasteiger partial charge in [-0.15, -0.1) is 0 Å². The molecule has 0 heterocycles. The monoisotopic (exact) mass is 198 g/mol. The van der Waals surface area contributed by atoms with E-state index < -0.39 is 5.41 Å². The second-order valence-corrected chi connectivity index (χ2v) is 4.65. The van der Waals surface area contributed by atoms with Gasteiger partial charge in [0.25, 0.3) is 0 Å². The number of unbranched alkanes of at least 4 members (excludes halogenated alkanes) is 1. The number of Topliss-reactive ketones (excluding diaryl/α,β-unsaturated/α-hetero) is 2. The lowest BCUT2D eigenvalue weighted by molar-refractivity contribution is -0.142. The van der Waals surface area contributed by atoms with Crippen LogP contribution in [0.1, 0.15) is 53.9 Å². The molecule has 2 nitrogen and oxygen atoms in total. The van der Waals surface area contributed by atoms with Crippen molar-refractivity contribution < 1.29 is 9.59 Å². The summed E-state index contributed by atoms with van der Waals surface area (Å²) in [4.78, 5) is 22.6. The van der Waals surface area contributed by atoms with Crippen molar-refractivity contribution in [2.75, 3.05) is 0 Å². The topological polar surface area (TPSA) is 34.1 Å². The van der Waals surface area contributed by atoms with E-state index in [2.05, 4.69) is 13.8 Å². The lowest BCUT2D eigenvalue weighted by Gasteiger charge is -2.29. The lowest BCUT2D eigenvalue weighted by atomic mass is 9.73. The SMILES string of the molecule is CCCCC(C)C(C)(C)C(=O)C(C)=O. The van der Waals surface area contributed by atoms with Gasteiger partial charge in [-0.3, -0.25) is 9.59 Å². The Morgan fingerprint density at radius 3 is 2.14 bits per heavy atom. The van der Waals surface area contributed by atoms with Crippen LogP contribution in [0, 0.1) is 11.3 Å². The van der Waals surface area contributed by atoms with E-state index in [1.165, 1.54) is 6.92 Å². The minimum absolute atomic E-state index is 0.235. The van der Waals surface area contributed by atoms with E-state index in [0.717, 1.165) is 19.3 Å². The maximum Gasteiger partial charge on any atom is 0.203 e. The molecule has 0 rings (SSSR count). The number of carbonyl (C=O) groups is 2. The van der Waals surface area contributed by atoms with Crippen LogP contribution in [0.2, 0.25) is 0 Å². The summed E-state index contributed by atoms with van der Waals surface area (Å²) in [7, 11) is 0. The first kappa shape index (κ1) is 13.3. The van der Waals surface area contributed by atoms with Crippen LogP contribution >= 0.6 is 0 Å². The highest BCUT2D eigenvalue weighted by Gasteiger charge is 2.35. The Balaban J connectivity index is 4.43. The fourth-order valence-electron chi connectivity index (χ4n) is 1.55. The maximum atomic E-state index is 11.6. The molecule has 14 heavy (non-hydrogen) atoms. The van der Waals surface area contributed by atoms with E-state index in [4.69, 9.17) is 0 Å². The summed E-state index contributed by atoms with van der Waals surface area (Å²) in [6.07, 6.45) is 3.27. The average Bonchev–Trinajstić information content (AvgIpc) is 2.12. The molecule has 0 saturated carbocycles. The molecule has 0 aromatic rings. The van der Waals surface area contributed by atoms with Gasteiger partial charge in [0.2, 0.25) is 5.78 Å². The van der Waals surface area contributed by atoms with Gasteiger partial charge in [-0.1, -0.05) is 40.5 Å². The van der Waals surface area contributed by atoms with Crippen LogP contribution < -0.4 is 0 Å². The second kappa shape index (κ2) is 5.28. The normalized spacial score (nSPS) is 13.8. The van der Waals surface area contributed by atoms with E-state index >= 15 is 0 Å². The van der Waals surface area contributed by atoms with Crippen LogP contribution in [0.4, 0.5) is 0 Å². The minimum atomic E-state index is -0.499. The van der Waals surface area contributed by atoms with Gasteiger partial charge in [-0.2, -0.15) is 0 Å². The van der Waals surface area contributed by atoms with Crippen molar-refractivity contribution in [3.63, 3.8) is 0 Å². The zero-order valence-electron chi connectivity index (χ0n) is 10.0. The predicted octanol–water partition coefficient (Wildman–Crippen LogP) is 3.00. The first-order chi connectivity index (χ1) is 6.34. The minimum Gasteiger partial charge on any atom is -0.291 e. The maximum absolute atomic E-state index is 11.6. The lowest BCUT2D eigenvalue weighted by Crippen LogP contribution is -2.35. The van der Waals surface area contributed by atoms with E-state index in [1.807, 2.05) is 13.8 Å². The van der Waals surface area contributed by atoms with Crippen LogP contribution in [0.3, 0.4) is 0 Å². The predicted molar refractivity (Wildman–Crippen MR) is 58.2 cm³/mol. The fraction of sp³-hybridized carbons (Fsp3) is 0.833. The van der Waals surface area contributed by atoms with Gasteiger partial charge >= 0.3 is 0 Å². The molecule has 0 fully saturated rings. The molecule has 1 unspecified atom stereocenters. The number of rotatable bonds is 6. The summed E-state index contributed by atoms with van der Waals surface area (Å²) in [5.74, 6) is -0.279. The Morgan fingerprint density at radius 2 is 1.79 bits per heavy atom. The van der Waals surface area contributed by atoms with Crippen molar-refractivity contribution in [2.24, 2.45) is 11.3 Å². The Labute approximate surface area is 87.1 Å². The Bertz CT molecular complexity index is 216. The molecule has 0 saturated heterocycles. The largest absolute Gasteiger partial charge is 0.291 e. The van der Waals surface area contributed by atoms with Gasteiger partial charge in [0.1, 0.15) is 0 Å². The highest BCUT2D eigenvalue weighted by Crippen LogP contribution is 2.31. The summed E-state index contributed by atoms with van der Waals surface area (Å²) in [6.45, 7) is 9.29. The molecule has 0 amide bonds. The van der Waals surface area contributed by atoms with E-state index in [1.54, 1.807) is 0 Å². The fourth-order valence-corrected chi connectivity index (χ4v) is 1.55. The first-order valence-electron chi connectivity index (χ1n) is 5.39. The van der Waals surface area contributed by atoms with Crippen molar-refractivity contribution in [1.29, 1.82) is 0 Å². The van der Waals surface area contributed by atoms with Gasteiger partial charge in [-0.25, -0.2) is 0 Å². The van der Waals surface area contributed by atoms with E-state index in [0.29, 0.717) is 0 Å². The third-order valence-electron chi connectivity index (χ3n) is 3.13. The Kier molecular flexibility index (Phi) is 5.03. The van der Waals surface area contributed by atoms with Crippen molar-refractivity contribution in [2.45, 2.75) is 53.9 Å². The zero-order valence-corrected chi connectivity index (χ0v) is 10.0. The van der Waals surface area contributed by atoms with Crippen LogP contribution in [0.5, 0.6) is 0 Å². The Hall–Kier alpha value is -0.660. The summed E-state index contributed by atoms with van der Waals surface area (Å²) >= 11 is 0. The van der Waals surface area contributed by atoms with Crippen molar-refractivity contribution >= 4 is 11.6 Å². The number of carbonyl (C=O) groups excluding carboxylic acids is 2. The first-order valence-corrected chi connectivity index (χ1v) is 5.39. The van der Waals surface area contributed by atoms with Crippen LogP contribution in [0.25, 0.3) is 0 Å². The highest BCUT2D eigenvalue weighted by atomic mass is 16.2. The van der Waals surface area contributed by atoms with E-state index in [9.17, 15) is 9.59 Å². The third-order valence-corrected chi connectivity index (χ3v) is 3.13. The second-order valence-electron chi connectivity index (χ2n) is 4.65. The van der Waals surface area contributed by atoms with Gasteiger partial charge in [0, 0.05) is 12.3 Å². The van der Waals surface area contributed by atoms with Gasteiger partial charge < -0.3 is 0 Å². The smallest absolute Gasteiger partial charge is 0.203 e. The molecule has 0 N–H and O–H groups in total. The molecule has 0 aliphatic rings. The molecule has 0 bridgehead atoms. The highest BCUT2D eigenvalue weighted by molar-refractivity contribution is 6.38. The van der Waals surface area contributed by atoms with Crippen molar-refractivity contribution in [3.8, 4) is 0 Å². The molecule has 0 aromatic carbocycles. The molecule has 82 valence electrons. The standard InChI is InChI=1S/C12H22O2/c1-6-7-8-9(2)12(4,5)11(14)10(3)13/h9H,6-8H2,1-5H3. The van der Waals surface area contributed by atoms with Crippen LogP contribution in [-0.2, 0) is 9.59 Å². The third kappa shape index (κ3) is 3.24. The summed E-state index contributed by atoms with van der Waals surface area (Å²) in [6, 6.07) is 0. The molecule has 0 aliphatic heterocycles. The summed E-state index contributed by atoms with van der Waals surface area (Å²) in [5.41, 5.74) is -0.499. The van der Waals surface area contributed by atoms with Gasteiger partial charge in [-0.05, 0) is 12.3 Å². The summed E-state index contributed by atoms with van der Waals surface area (Å²) < 4.78 is 0. The molecular formula is C12H22O2. The molecule has 0 aromatic heterocycles. The molecule has 1 atom stereocenters. The number of ketones is 2. The molecule has 2 heteroatoms. The number of hydrogen-bond donors (Lipinski definition) is 0. The number of hydrogen-bond acceptors (Lipinski definition) is 2. The van der Waals surface area contributed by atoms with Crippen LogP contribution in [0.15, 0.2) is 0 Å². The average molecular weight is 198 g/mol. The van der Waals surface area contributed by atoms with Gasteiger partial charge in [0.05, 0.1) is 0 Å². The summed E-state index contributed by atoms with van der Waals surface area (Å²) in [5, 5.41) is 0. The molecule has 0 spiro atoms. The molecule has 0 aliphatic carbocycles. The van der Waals surface area contributed by atoms with E-state index in [-0.39, 0.29) is 17.5 Å². The molecule has 0 radical (unpaired) electrons. The van der Waals surface area contributed by atoms with Crippen molar-refractivity contribution in [1.82, 2.24) is 0 Å². The van der Waals surface area contributed by atoms with Gasteiger partial charge in [0.15, 0.2) is 5.78 Å². The zero-order chi connectivity index (χ0) is 11.4. The van der Waals surface area contributed by atoms with Crippen molar-refractivity contribution in [3.05, 3.63) is 0 Å². The van der Waals surface area contributed by atoms with Crippen LogP contribution in [-0.4, -0.2) is 11.6 Å². The molecular weight excluding hydrogens is 176 g/mol. The quantitative estimate of drug-likeness (QED) is 0.615. The Morgan fingerprint density at radius 1 is 1.29 bits per heavy atom.